The van der Waals surface area contributed by atoms with Gasteiger partial charge < -0.3 is 10.6 Å². The van der Waals surface area contributed by atoms with Crippen LogP contribution in [0, 0.1) is 0 Å². The average molecular weight is 392 g/mol. The molecule has 0 radical (unpaired) electrons. The minimum absolute atomic E-state index is 0.0610. The fourth-order valence-corrected chi connectivity index (χ4v) is 5.23. The molecule has 4 rings (SSSR count). The zero-order valence-corrected chi connectivity index (χ0v) is 16.0. The van der Waals surface area contributed by atoms with Gasteiger partial charge in [-0.2, -0.15) is 0 Å². The molecule has 2 aliphatic rings. The zero-order chi connectivity index (χ0) is 18.3. The number of hydrogen-bond acceptors (Lipinski definition) is 5. The molecule has 2 aromatic rings. The number of nitrogens with one attached hydrogen (secondary N) is 3. The molecule has 0 aliphatic carbocycles. The first-order valence-electron chi connectivity index (χ1n) is 8.62. The Bertz CT molecular complexity index is 939. The van der Waals surface area contributed by atoms with E-state index in [9.17, 15) is 13.2 Å². The second kappa shape index (κ2) is 6.68. The van der Waals surface area contributed by atoms with Crippen molar-refractivity contribution in [1.29, 1.82) is 0 Å². The van der Waals surface area contributed by atoms with E-state index in [1.807, 2.05) is 23.6 Å². The molecule has 26 heavy (non-hydrogen) atoms. The van der Waals surface area contributed by atoms with Gasteiger partial charge >= 0.3 is 0 Å². The van der Waals surface area contributed by atoms with E-state index in [1.54, 1.807) is 12.1 Å². The second-order valence-electron chi connectivity index (χ2n) is 6.98. The van der Waals surface area contributed by atoms with Crippen LogP contribution in [0.4, 0.5) is 5.69 Å². The quantitative estimate of drug-likeness (QED) is 0.730. The van der Waals surface area contributed by atoms with Crippen molar-refractivity contribution in [3.8, 4) is 11.1 Å². The maximum atomic E-state index is 12.6. The number of rotatable bonds is 5. The molecule has 0 spiro atoms. The van der Waals surface area contributed by atoms with Gasteiger partial charge in [0.1, 0.15) is 0 Å². The van der Waals surface area contributed by atoms with E-state index < -0.39 is 10.0 Å². The molecule has 1 amide bonds. The lowest BCUT2D eigenvalue weighted by Crippen LogP contribution is -2.42. The predicted molar refractivity (Wildman–Crippen MR) is 104 cm³/mol. The van der Waals surface area contributed by atoms with E-state index in [-0.39, 0.29) is 11.9 Å². The van der Waals surface area contributed by atoms with Gasteiger partial charge in [-0.3, -0.25) is 9.52 Å². The van der Waals surface area contributed by atoms with Crippen molar-refractivity contribution in [3.63, 3.8) is 0 Å². The van der Waals surface area contributed by atoms with E-state index in [0.29, 0.717) is 22.6 Å². The molecule has 1 aromatic carbocycles. The summed E-state index contributed by atoms with van der Waals surface area (Å²) in [4.78, 5) is 13.2. The van der Waals surface area contributed by atoms with Gasteiger partial charge in [-0.1, -0.05) is 18.2 Å². The lowest BCUT2D eigenvalue weighted by molar-refractivity contribution is 0.0935. The summed E-state index contributed by atoms with van der Waals surface area (Å²) < 4.78 is 25.7. The smallest absolute Gasteiger partial charge is 0.261 e. The highest BCUT2D eigenvalue weighted by atomic mass is 32.2. The number of thiophene rings is 1. The van der Waals surface area contributed by atoms with Gasteiger partial charge in [0, 0.05) is 23.7 Å². The number of amides is 1. The molecule has 3 heterocycles. The molecule has 2 saturated heterocycles. The molecule has 3 N–H and O–H groups in total. The summed E-state index contributed by atoms with van der Waals surface area (Å²) in [6, 6.07) is 10.1. The Morgan fingerprint density at radius 2 is 2.08 bits per heavy atom. The highest BCUT2D eigenvalue weighted by Gasteiger charge is 2.39. The summed E-state index contributed by atoms with van der Waals surface area (Å²) in [7, 11) is -3.37. The second-order valence-corrected chi connectivity index (χ2v) is 9.64. The molecular weight excluding hydrogens is 370 g/mol. The Kier molecular flexibility index (Phi) is 4.50. The molecule has 0 saturated carbocycles. The maximum Gasteiger partial charge on any atom is 0.261 e. The normalized spacial score (nSPS) is 24.6. The number of sulfonamides is 1. The van der Waals surface area contributed by atoms with E-state index in [4.69, 9.17) is 0 Å². The van der Waals surface area contributed by atoms with Gasteiger partial charge in [-0.25, -0.2) is 8.42 Å². The van der Waals surface area contributed by atoms with Gasteiger partial charge in [0.2, 0.25) is 10.0 Å². The van der Waals surface area contributed by atoms with Gasteiger partial charge in [0.05, 0.1) is 16.8 Å². The van der Waals surface area contributed by atoms with E-state index in [2.05, 4.69) is 15.4 Å². The summed E-state index contributed by atoms with van der Waals surface area (Å²) in [5, 5.41) is 8.55. The van der Waals surface area contributed by atoms with Crippen molar-refractivity contribution in [1.82, 2.24) is 10.6 Å². The van der Waals surface area contributed by atoms with Crippen LogP contribution in [0.2, 0.25) is 0 Å². The molecule has 0 unspecified atom stereocenters. The number of carbonyl (C=O) groups is 1. The topological polar surface area (TPSA) is 87.3 Å². The van der Waals surface area contributed by atoms with Crippen molar-refractivity contribution in [2.75, 3.05) is 11.0 Å². The fourth-order valence-electron chi connectivity index (χ4n) is 3.84. The molecule has 138 valence electrons. The molecule has 6 nitrogen and oxygen atoms in total. The van der Waals surface area contributed by atoms with Crippen LogP contribution >= 0.6 is 11.3 Å². The third kappa shape index (κ3) is 3.62. The lowest BCUT2D eigenvalue weighted by atomic mass is 9.95. The van der Waals surface area contributed by atoms with Crippen molar-refractivity contribution < 1.29 is 13.2 Å². The number of hydrogen-bond donors (Lipinski definition) is 3. The molecule has 3 atom stereocenters. The van der Waals surface area contributed by atoms with Crippen LogP contribution < -0.4 is 15.4 Å². The molecule has 1 aromatic heterocycles. The Hall–Kier alpha value is -1.90. The van der Waals surface area contributed by atoms with Crippen LogP contribution in [0.15, 0.2) is 35.7 Å². The lowest BCUT2D eigenvalue weighted by Gasteiger charge is -2.21. The minimum Gasteiger partial charge on any atom is -0.347 e. The van der Waals surface area contributed by atoms with E-state index in [0.717, 1.165) is 30.2 Å². The van der Waals surface area contributed by atoms with Gasteiger partial charge in [-0.15, -0.1) is 11.3 Å². The number of fused-ring (bicyclic) bond motifs is 2. The molecule has 2 fully saturated rings. The average Bonchev–Trinajstić information content (AvgIpc) is 3.30. The molecular formula is C18H21N3O3S2. The molecule has 8 heteroatoms. The number of carbonyl (C=O) groups excluding carboxylic acids is 1. The van der Waals surface area contributed by atoms with Crippen LogP contribution in [-0.4, -0.2) is 38.7 Å². The summed E-state index contributed by atoms with van der Waals surface area (Å²) in [5.74, 6) is -0.0610. The first-order valence-corrected chi connectivity index (χ1v) is 11.4. The van der Waals surface area contributed by atoms with Crippen molar-refractivity contribution >= 4 is 33.0 Å². The Morgan fingerprint density at radius 3 is 2.77 bits per heavy atom. The minimum atomic E-state index is -3.37. The molecule has 2 aliphatic heterocycles. The third-order valence-corrected chi connectivity index (χ3v) is 6.49. The van der Waals surface area contributed by atoms with Crippen LogP contribution in [0.25, 0.3) is 11.1 Å². The number of para-hydroxylation sites is 1. The SMILES string of the molecule is CS(=O)(=O)Nc1ccccc1-c1csc(C(=O)N[C@@H]2C[C@H]3CC[C@@H]2N3)c1. The maximum absolute atomic E-state index is 12.6. The van der Waals surface area contributed by atoms with Crippen LogP contribution in [-0.2, 0) is 10.0 Å². The van der Waals surface area contributed by atoms with Crippen molar-refractivity contribution in [2.45, 2.75) is 37.4 Å². The number of benzene rings is 1. The number of anilines is 1. The van der Waals surface area contributed by atoms with E-state index in [1.165, 1.54) is 17.8 Å². The third-order valence-electron chi connectivity index (χ3n) is 4.97. The van der Waals surface area contributed by atoms with E-state index >= 15 is 0 Å². The zero-order valence-electron chi connectivity index (χ0n) is 14.4. The Labute approximate surface area is 157 Å². The fraction of sp³-hybridized carbons (Fsp3) is 0.389. The van der Waals surface area contributed by atoms with Crippen molar-refractivity contribution in [3.05, 3.63) is 40.6 Å². The summed E-state index contributed by atoms with van der Waals surface area (Å²) >= 11 is 1.37. The van der Waals surface area contributed by atoms with Gasteiger partial charge in [-0.05, 0) is 42.3 Å². The van der Waals surface area contributed by atoms with Crippen molar-refractivity contribution in [2.24, 2.45) is 0 Å². The first-order chi connectivity index (χ1) is 12.4. The highest BCUT2D eigenvalue weighted by molar-refractivity contribution is 7.92. The molecule has 2 bridgehead atoms. The first kappa shape index (κ1) is 17.5. The van der Waals surface area contributed by atoms with Crippen LogP contribution in [0.5, 0.6) is 0 Å². The van der Waals surface area contributed by atoms with Gasteiger partial charge in [0.25, 0.3) is 5.91 Å². The highest BCUT2D eigenvalue weighted by Crippen LogP contribution is 2.33. The Balaban J connectivity index is 1.52. The Morgan fingerprint density at radius 1 is 1.27 bits per heavy atom. The summed E-state index contributed by atoms with van der Waals surface area (Å²) in [5.41, 5.74) is 2.10. The summed E-state index contributed by atoms with van der Waals surface area (Å²) in [6.45, 7) is 0. The van der Waals surface area contributed by atoms with Gasteiger partial charge in [0.15, 0.2) is 0 Å². The largest absolute Gasteiger partial charge is 0.347 e. The van der Waals surface area contributed by atoms with Crippen LogP contribution in [0.3, 0.4) is 0 Å². The predicted octanol–water partition coefficient (Wildman–Crippen LogP) is 2.41. The monoisotopic (exact) mass is 391 g/mol. The standard InChI is InChI=1S/C18H21N3O3S2/c1-26(23,24)21-14-5-3-2-4-13(14)11-8-17(25-10-11)18(22)20-16-9-12-6-7-15(16)19-12/h2-5,8,10,12,15-16,19,21H,6-7,9H2,1H3,(H,20,22)/t12-,15+,16-/m1/s1. The van der Waals surface area contributed by atoms with Crippen LogP contribution in [0.1, 0.15) is 28.9 Å². The summed E-state index contributed by atoms with van der Waals surface area (Å²) in [6.07, 6.45) is 4.44.